The van der Waals surface area contributed by atoms with Gasteiger partial charge in [0.05, 0.1) is 18.0 Å². The molecule has 244 valence electrons. The second-order valence-corrected chi connectivity index (χ2v) is 13.9. The standard InChI is InChI=1S/C37H37Cl2N3O5/c1-36(2,3)37(21-42(30-17-14-25(38)19-28(30)37)20-23-8-12-24(13-9-23)35(46)47)32(27-6-4-5-7-29(27)39)33(40)34(45)41-26-15-10-22(11-16-26)18-31(43)44/h4-17,19,32-33H,18,20-21,40H2,1-3H3,(H,41,45)(H,43,44)(H,46,47)/t32-,33+,37+/m0/s1. The van der Waals surface area contributed by atoms with Crippen LogP contribution in [0.5, 0.6) is 0 Å². The van der Waals surface area contributed by atoms with Crippen molar-refractivity contribution in [3.8, 4) is 0 Å². The molecule has 4 aromatic rings. The Morgan fingerprint density at radius 1 is 0.915 bits per heavy atom. The highest BCUT2D eigenvalue weighted by molar-refractivity contribution is 6.31. The van der Waals surface area contributed by atoms with E-state index in [2.05, 4.69) is 31.0 Å². The van der Waals surface area contributed by atoms with Crippen molar-refractivity contribution in [1.29, 1.82) is 0 Å². The van der Waals surface area contributed by atoms with E-state index in [1.54, 1.807) is 42.5 Å². The lowest BCUT2D eigenvalue weighted by Crippen LogP contribution is -2.56. The van der Waals surface area contributed by atoms with Crippen LogP contribution in [0.15, 0.2) is 91.0 Å². The van der Waals surface area contributed by atoms with Crippen LogP contribution in [0.3, 0.4) is 0 Å². The van der Waals surface area contributed by atoms with Crippen LogP contribution in [0.4, 0.5) is 11.4 Å². The number of carboxylic acid groups (broad SMARTS) is 2. The molecule has 8 nitrogen and oxygen atoms in total. The molecule has 0 aliphatic carbocycles. The topological polar surface area (TPSA) is 133 Å². The number of hydrogen-bond donors (Lipinski definition) is 4. The average molecular weight is 675 g/mol. The molecule has 0 saturated carbocycles. The highest BCUT2D eigenvalue weighted by atomic mass is 35.5. The van der Waals surface area contributed by atoms with Crippen LogP contribution in [0.2, 0.25) is 10.0 Å². The zero-order valence-corrected chi connectivity index (χ0v) is 27.8. The maximum Gasteiger partial charge on any atom is 0.335 e. The Kier molecular flexibility index (Phi) is 9.68. The number of benzene rings is 4. The molecule has 0 spiro atoms. The number of anilines is 2. The Bertz CT molecular complexity index is 1800. The Morgan fingerprint density at radius 3 is 2.15 bits per heavy atom. The summed E-state index contributed by atoms with van der Waals surface area (Å²) in [5.41, 5.74) is 10.6. The molecule has 0 fully saturated rings. The van der Waals surface area contributed by atoms with E-state index in [-0.39, 0.29) is 12.0 Å². The maximum atomic E-state index is 14.1. The summed E-state index contributed by atoms with van der Waals surface area (Å²) in [6.07, 6.45) is -0.126. The van der Waals surface area contributed by atoms with Crippen molar-refractivity contribution < 1.29 is 24.6 Å². The van der Waals surface area contributed by atoms with Gasteiger partial charge in [0, 0.05) is 45.8 Å². The van der Waals surface area contributed by atoms with Gasteiger partial charge in [-0.25, -0.2) is 4.79 Å². The number of hydrogen-bond acceptors (Lipinski definition) is 5. The normalized spacial score (nSPS) is 17.1. The quantitative estimate of drug-likeness (QED) is 0.138. The molecule has 0 radical (unpaired) electrons. The predicted molar refractivity (Wildman–Crippen MR) is 186 cm³/mol. The first-order valence-corrected chi connectivity index (χ1v) is 16.0. The van der Waals surface area contributed by atoms with E-state index in [1.807, 2.05) is 48.5 Å². The van der Waals surface area contributed by atoms with Gasteiger partial charge in [-0.3, -0.25) is 9.59 Å². The molecule has 4 aromatic carbocycles. The Labute approximate surface area is 284 Å². The predicted octanol–water partition coefficient (Wildman–Crippen LogP) is 7.37. The van der Waals surface area contributed by atoms with E-state index in [0.29, 0.717) is 34.4 Å². The number of aliphatic carboxylic acids is 1. The Hall–Kier alpha value is -4.37. The van der Waals surface area contributed by atoms with Crippen molar-refractivity contribution in [3.63, 3.8) is 0 Å². The van der Waals surface area contributed by atoms with Crippen molar-refractivity contribution in [2.24, 2.45) is 11.1 Å². The molecule has 0 saturated heterocycles. The monoisotopic (exact) mass is 673 g/mol. The molecule has 1 amide bonds. The summed E-state index contributed by atoms with van der Waals surface area (Å²) in [4.78, 5) is 38.9. The highest BCUT2D eigenvalue weighted by Crippen LogP contribution is 2.60. The first-order chi connectivity index (χ1) is 22.2. The van der Waals surface area contributed by atoms with Crippen molar-refractivity contribution in [3.05, 3.63) is 129 Å². The van der Waals surface area contributed by atoms with Crippen molar-refractivity contribution >= 4 is 52.4 Å². The number of halogens is 2. The van der Waals surface area contributed by atoms with Crippen LogP contribution in [-0.4, -0.2) is 40.6 Å². The molecule has 1 heterocycles. The Morgan fingerprint density at radius 2 is 1.55 bits per heavy atom. The maximum absolute atomic E-state index is 14.1. The van der Waals surface area contributed by atoms with E-state index >= 15 is 0 Å². The van der Waals surface area contributed by atoms with Gasteiger partial charge in [-0.1, -0.05) is 86.4 Å². The summed E-state index contributed by atoms with van der Waals surface area (Å²) < 4.78 is 0. The molecule has 47 heavy (non-hydrogen) atoms. The SMILES string of the molecule is CC(C)(C)[C@]1([C@@H](c2ccccc2Cl)[C@@H](N)C(=O)Nc2ccc(CC(=O)O)cc2)CN(Cc2ccc(C(=O)O)cc2)c2ccc(Cl)cc21. The fraction of sp³-hybridized carbons (Fsp3) is 0.270. The summed E-state index contributed by atoms with van der Waals surface area (Å²) in [7, 11) is 0. The summed E-state index contributed by atoms with van der Waals surface area (Å²) in [6.45, 7) is 7.31. The molecule has 3 atom stereocenters. The smallest absolute Gasteiger partial charge is 0.335 e. The van der Waals surface area contributed by atoms with E-state index < -0.39 is 40.6 Å². The molecular formula is C37H37Cl2N3O5. The second-order valence-electron chi connectivity index (χ2n) is 13.0. The van der Waals surface area contributed by atoms with E-state index in [1.165, 1.54) is 0 Å². The van der Waals surface area contributed by atoms with Gasteiger partial charge in [-0.05, 0) is 76.2 Å². The number of aromatic carboxylic acids is 1. The number of amides is 1. The van der Waals surface area contributed by atoms with Gasteiger partial charge in [-0.15, -0.1) is 0 Å². The lowest BCUT2D eigenvalue weighted by atomic mass is 9.54. The molecule has 0 unspecified atom stereocenters. The average Bonchev–Trinajstić information content (AvgIpc) is 3.33. The Balaban J connectivity index is 1.61. The lowest BCUT2D eigenvalue weighted by Gasteiger charge is -2.50. The van der Waals surface area contributed by atoms with Gasteiger partial charge >= 0.3 is 11.9 Å². The molecule has 1 aliphatic rings. The number of nitrogens with two attached hydrogens (primary N) is 1. The molecular weight excluding hydrogens is 637 g/mol. The van der Waals surface area contributed by atoms with Gasteiger partial charge in [0.15, 0.2) is 0 Å². The molecule has 10 heteroatoms. The fourth-order valence-electron chi connectivity index (χ4n) is 6.85. The summed E-state index contributed by atoms with van der Waals surface area (Å²) in [5.74, 6) is -2.98. The summed E-state index contributed by atoms with van der Waals surface area (Å²) in [6, 6.07) is 25.6. The van der Waals surface area contributed by atoms with Crippen LogP contribution in [0.25, 0.3) is 0 Å². The van der Waals surface area contributed by atoms with Crippen LogP contribution >= 0.6 is 23.2 Å². The number of carbonyl (C=O) groups is 3. The van der Waals surface area contributed by atoms with Gasteiger partial charge < -0.3 is 26.2 Å². The minimum atomic E-state index is -1.07. The highest BCUT2D eigenvalue weighted by Gasteiger charge is 2.58. The van der Waals surface area contributed by atoms with Crippen LogP contribution < -0.4 is 16.0 Å². The van der Waals surface area contributed by atoms with Gasteiger partial charge in [0.1, 0.15) is 0 Å². The summed E-state index contributed by atoms with van der Waals surface area (Å²) in [5, 5.41) is 22.5. The van der Waals surface area contributed by atoms with Crippen molar-refractivity contribution in [2.45, 2.75) is 51.1 Å². The first-order valence-electron chi connectivity index (χ1n) is 15.2. The number of nitrogens with zero attached hydrogens (tertiary/aromatic N) is 1. The third-order valence-corrected chi connectivity index (χ3v) is 9.72. The molecule has 1 aliphatic heterocycles. The van der Waals surface area contributed by atoms with Crippen molar-refractivity contribution in [1.82, 2.24) is 0 Å². The van der Waals surface area contributed by atoms with E-state index in [0.717, 1.165) is 22.4 Å². The number of fused-ring (bicyclic) bond motifs is 1. The number of carboxylic acids is 2. The van der Waals surface area contributed by atoms with Crippen molar-refractivity contribution in [2.75, 3.05) is 16.8 Å². The molecule has 5 rings (SSSR count). The first kappa shape index (κ1) is 34.0. The third-order valence-electron chi connectivity index (χ3n) is 9.14. The van der Waals surface area contributed by atoms with Gasteiger partial charge in [0.2, 0.25) is 5.91 Å². The van der Waals surface area contributed by atoms with Crippen LogP contribution in [0.1, 0.15) is 59.3 Å². The molecule has 5 N–H and O–H groups in total. The number of carbonyl (C=O) groups excluding carboxylic acids is 1. The van der Waals surface area contributed by atoms with Crippen LogP contribution in [0, 0.1) is 5.41 Å². The van der Waals surface area contributed by atoms with Gasteiger partial charge in [0.25, 0.3) is 0 Å². The summed E-state index contributed by atoms with van der Waals surface area (Å²) >= 11 is 13.6. The fourth-order valence-corrected chi connectivity index (χ4v) is 7.28. The van der Waals surface area contributed by atoms with Crippen LogP contribution in [-0.2, 0) is 28.0 Å². The minimum absolute atomic E-state index is 0.126. The number of nitrogens with one attached hydrogen (secondary N) is 1. The second kappa shape index (κ2) is 13.4. The molecule has 0 bridgehead atoms. The third kappa shape index (κ3) is 6.86. The minimum Gasteiger partial charge on any atom is -0.481 e. The van der Waals surface area contributed by atoms with E-state index in [9.17, 15) is 19.5 Å². The van der Waals surface area contributed by atoms with E-state index in [4.69, 9.17) is 34.0 Å². The largest absolute Gasteiger partial charge is 0.481 e. The zero-order valence-electron chi connectivity index (χ0n) is 26.3. The number of rotatable bonds is 10. The van der Waals surface area contributed by atoms with Gasteiger partial charge in [-0.2, -0.15) is 0 Å². The lowest BCUT2D eigenvalue weighted by molar-refractivity contribution is -0.136. The zero-order chi connectivity index (χ0) is 34.1. The molecule has 0 aromatic heterocycles.